The summed E-state index contributed by atoms with van der Waals surface area (Å²) < 4.78 is 10.8. The fourth-order valence-electron chi connectivity index (χ4n) is 3.27. The molecule has 10 heteroatoms. The Morgan fingerprint density at radius 2 is 1.74 bits per heavy atom. The topological polar surface area (TPSA) is 72.9 Å². The van der Waals surface area contributed by atoms with E-state index in [9.17, 15) is 14.4 Å². The van der Waals surface area contributed by atoms with E-state index in [-0.39, 0.29) is 38.8 Å². The Hall–Kier alpha value is -2.97. The first-order chi connectivity index (χ1) is 16.7. The van der Waals surface area contributed by atoms with Gasteiger partial charge in [-0.2, -0.15) is 0 Å². The minimum atomic E-state index is -0.681. The fraction of sp³-hybridized carbons (Fsp3) is 0.0800. The van der Waals surface area contributed by atoms with E-state index in [1.807, 2.05) is 0 Å². The SMILES string of the molecule is COc1cc(/C=C2\SC(=O)N(Cc3cccc(Cl)c3)C2=O)ccc1OC(=O)c1ccc(Cl)cc1Cl. The van der Waals surface area contributed by atoms with E-state index in [0.29, 0.717) is 15.6 Å². The van der Waals surface area contributed by atoms with Crippen LogP contribution in [0.3, 0.4) is 0 Å². The van der Waals surface area contributed by atoms with Gasteiger partial charge in [0.05, 0.1) is 29.1 Å². The number of esters is 1. The van der Waals surface area contributed by atoms with Crippen LogP contribution in [0.25, 0.3) is 6.08 Å². The molecule has 0 bridgehead atoms. The molecule has 0 spiro atoms. The van der Waals surface area contributed by atoms with Crippen LogP contribution in [0.1, 0.15) is 21.5 Å². The third-order valence-electron chi connectivity index (χ3n) is 4.94. The number of hydrogen-bond donors (Lipinski definition) is 0. The molecule has 0 radical (unpaired) electrons. The number of hydrogen-bond acceptors (Lipinski definition) is 6. The van der Waals surface area contributed by atoms with Crippen LogP contribution in [0.2, 0.25) is 15.1 Å². The highest BCUT2D eigenvalue weighted by Crippen LogP contribution is 2.36. The van der Waals surface area contributed by atoms with E-state index in [1.165, 1.54) is 31.4 Å². The Kier molecular flexibility index (Phi) is 7.72. The van der Waals surface area contributed by atoms with Crippen molar-refractivity contribution in [3.05, 3.63) is 97.3 Å². The lowest BCUT2D eigenvalue weighted by molar-refractivity contribution is -0.123. The number of nitrogens with zero attached hydrogens (tertiary/aromatic N) is 1. The number of ether oxygens (including phenoxy) is 2. The van der Waals surface area contributed by atoms with Gasteiger partial charge < -0.3 is 9.47 Å². The van der Waals surface area contributed by atoms with Gasteiger partial charge in [-0.25, -0.2) is 4.79 Å². The van der Waals surface area contributed by atoms with Crippen molar-refractivity contribution in [3.8, 4) is 11.5 Å². The molecule has 1 aliphatic heterocycles. The molecular weight excluding hydrogens is 533 g/mol. The standard InChI is InChI=1S/C25H16Cl3NO5S/c1-33-21-10-14(5-8-20(21)34-24(31)18-7-6-17(27)12-19(18)28)11-22-23(30)29(25(32)35-22)13-15-3-2-4-16(26)9-15/h2-12H,13H2,1H3/b22-11-. The van der Waals surface area contributed by atoms with Crippen molar-refractivity contribution in [2.24, 2.45) is 0 Å². The molecule has 0 unspecified atom stereocenters. The smallest absolute Gasteiger partial charge is 0.345 e. The summed E-state index contributed by atoms with van der Waals surface area (Å²) in [7, 11) is 1.42. The third-order valence-corrected chi connectivity index (χ3v) is 6.63. The Morgan fingerprint density at radius 3 is 2.46 bits per heavy atom. The first-order valence-electron chi connectivity index (χ1n) is 10.1. The maximum absolute atomic E-state index is 12.8. The number of carbonyl (C=O) groups is 3. The molecule has 0 N–H and O–H groups in total. The average molecular weight is 549 g/mol. The van der Waals surface area contributed by atoms with Gasteiger partial charge in [0.1, 0.15) is 0 Å². The number of benzene rings is 3. The fourth-order valence-corrected chi connectivity index (χ4v) is 4.81. The zero-order chi connectivity index (χ0) is 25.1. The second kappa shape index (κ2) is 10.7. The summed E-state index contributed by atoms with van der Waals surface area (Å²) in [5.74, 6) is -0.670. The van der Waals surface area contributed by atoms with E-state index < -0.39 is 11.9 Å². The Labute approximate surface area is 220 Å². The summed E-state index contributed by atoms with van der Waals surface area (Å²) in [5, 5.41) is 0.701. The normalized spacial score (nSPS) is 14.5. The van der Waals surface area contributed by atoms with Crippen molar-refractivity contribution in [2.75, 3.05) is 7.11 Å². The number of amides is 2. The maximum atomic E-state index is 12.8. The zero-order valence-corrected chi connectivity index (χ0v) is 21.2. The van der Waals surface area contributed by atoms with Gasteiger partial charge in [0.25, 0.3) is 11.1 Å². The quantitative estimate of drug-likeness (QED) is 0.186. The highest BCUT2D eigenvalue weighted by Gasteiger charge is 2.35. The van der Waals surface area contributed by atoms with Crippen molar-refractivity contribution >= 4 is 69.8 Å². The van der Waals surface area contributed by atoms with Crippen LogP contribution in [0.15, 0.2) is 65.6 Å². The first kappa shape index (κ1) is 25.1. The van der Waals surface area contributed by atoms with Crippen LogP contribution in [-0.4, -0.2) is 29.1 Å². The molecule has 3 aromatic carbocycles. The first-order valence-corrected chi connectivity index (χ1v) is 12.1. The predicted molar refractivity (Wildman–Crippen MR) is 137 cm³/mol. The predicted octanol–water partition coefficient (Wildman–Crippen LogP) is 7.11. The molecule has 3 aromatic rings. The molecule has 0 atom stereocenters. The van der Waals surface area contributed by atoms with E-state index in [0.717, 1.165) is 22.2 Å². The highest BCUT2D eigenvalue weighted by atomic mass is 35.5. The number of carbonyl (C=O) groups excluding carboxylic acids is 3. The Morgan fingerprint density at radius 1 is 0.971 bits per heavy atom. The van der Waals surface area contributed by atoms with E-state index >= 15 is 0 Å². The van der Waals surface area contributed by atoms with E-state index in [1.54, 1.807) is 42.5 Å². The summed E-state index contributed by atoms with van der Waals surface area (Å²) in [4.78, 5) is 39.3. The van der Waals surface area contributed by atoms with Gasteiger partial charge in [-0.15, -0.1) is 0 Å². The van der Waals surface area contributed by atoms with Gasteiger partial charge >= 0.3 is 5.97 Å². The van der Waals surface area contributed by atoms with Crippen molar-refractivity contribution < 1.29 is 23.9 Å². The van der Waals surface area contributed by atoms with Crippen LogP contribution in [0.5, 0.6) is 11.5 Å². The number of methoxy groups -OCH3 is 1. The highest BCUT2D eigenvalue weighted by molar-refractivity contribution is 8.18. The lowest BCUT2D eigenvalue weighted by Gasteiger charge is -2.12. The second-order valence-corrected chi connectivity index (χ2v) is 9.60. The molecule has 1 aliphatic rings. The largest absolute Gasteiger partial charge is 0.493 e. The lowest BCUT2D eigenvalue weighted by Crippen LogP contribution is -2.27. The molecule has 35 heavy (non-hydrogen) atoms. The van der Waals surface area contributed by atoms with Gasteiger partial charge in [0, 0.05) is 10.0 Å². The van der Waals surface area contributed by atoms with E-state index in [4.69, 9.17) is 44.3 Å². The molecule has 1 fully saturated rings. The Balaban J connectivity index is 1.52. The third kappa shape index (κ3) is 5.82. The van der Waals surface area contributed by atoms with Crippen LogP contribution in [0.4, 0.5) is 4.79 Å². The minimum Gasteiger partial charge on any atom is -0.493 e. The Bertz CT molecular complexity index is 1370. The van der Waals surface area contributed by atoms with Gasteiger partial charge in [-0.05, 0) is 71.4 Å². The van der Waals surface area contributed by atoms with Gasteiger partial charge in [-0.1, -0.05) is 53.0 Å². The zero-order valence-electron chi connectivity index (χ0n) is 18.1. The molecule has 0 aromatic heterocycles. The lowest BCUT2D eigenvalue weighted by atomic mass is 10.1. The van der Waals surface area contributed by atoms with Crippen LogP contribution in [0, 0.1) is 0 Å². The number of thioether (sulfide) groups is 1. The van der Waals surface area contributed by atoms with Crippen molar-refractivity contribution in [1.82, 2.24) is 4.90 Å². The second-order valence-electron chi connectivity index (χ2n) is 7.32. The number of rotatable bonds is 6. The van der Waals surface area contributed by atoms with Crippen LogP contribution >= 0.6 is 46.6 Å². The minimum absolute atomic E-state index is 0.119. The van der Waals surface area contributed by atoms with Gasteiger partial charge in [-0.3, -0.25) is 14.5 Å². The maximum Gasteiger partial charge on any atom is 0.345 e. The van der Waals surface area contributed by atoms with Crippen molar-refractivity contribution in [2.45, 2.75) is 6.54 Å². The molecule has 4 rings (SSSR count). The average Bonchev–Trinajstić information content (AvgIpc) is 3.07. The molecule has 1 heterocycles. The molecule has 1 saturated heterocycles. The number of imide groups is 1. The summed E-state index contributed by atoms with van der Waals surface area (Å²) >= 11 is 18.8. The summed E-state index contributed by atoms with van der Waals surface area (Å²) in [6.07, 6.45) is 1.58. The summed E-state index contributed by atoms with van der Waals surface area (Å²) in [6, 6.07) is 16.2. The molecule has 6 nitrogen and oxygen atoms in total. The van der Waals surface area contributed by atoms with Crippen LogP contribution in [-0.2, 0) is 11.3 Å². The van der Waals surface area contributed by atoms with Gasteiger partial charge in [0.15, 0.2) is 11.5 Å². The van der Waals surface area contributed by atoms with Crippen LogP contribution < -0.4 is 9.47 Å². The van der Waals surface area contributed by atoms with Crippen molar-refractivity contribution in [1.29, 1.82) is 0 Å². The summed E-state index contributed by atoms with van der Waals surface area (Å²) in [6.45, 7) is 0.119. The molecule has 2 amide bonds. The molecular formula is C25H16Cl3NO5S. The van der Waals surface area contributed by atoms with Crippen molar-refractivity contribution in [3.63, 3.8) is 0 Å². The monoisotopic (exact) mass is 547 g/mol. The summed E-state index contributed by atoms with van der Waals surface area (Å²) in [5.41, 5.74) is 1.48. The molecule has 178 valence electrons. The molecule has 0 saturated carbocycles. The molecule has 0 aliphatic carbocycles. The van der Waals surface area contributed by atoms with E-state index in [2.05, 4.69) is 0 Å². The van der Waals surface area contributed by atoms with Gasteiger partial charge in [0.2, 0.25) is 0 Å². The number of halogens is 3.